The van der Waals surface area contributed by atoms with Crippen molar-refractivity contribution in [3.8, 4) is 11.5 Å². The summed E-state index contributed by atoms with van der Waals surface area (Å²) in [6.45, 7) is 7.08. The van der Waals surface area contributed by atoms with Crippen LogP contribution in [0.4, 0.5) is 0 Å². The Morgan fingerprint density at radius 1 is 1.30 bits per heavy atom. The van der Waals surface area contributed by atoms with Crippen LogP contribution in [0.2, 0.25) is 0 Å². The maximum Gasteiger partial charge on any atom is 0.161 e. The van der Waals surface area contributed by atoms with Crippen molar-refractivity contribution in [2.24, 2.45) is 5.73 Å². The van der Waals surface area contributed by atoms with Gasteiger partial charge in [-0.3, -0.25) is 0 Å². The molecule has 0 aliphatic heterocycles. The molecule has 2 aromatic heterocycles. The molecule has 0 bridgehead atoms. The Morgan fingerprint density at radius 3 is 2.70 bits per heavy atom. The minimum absolute atomic E-state index is 0.0576. The molecule has 0 aliphatic rings. The first kappa shape index (κ1) is 13.3. The lowest BCUT2D eigenvalue weighted by Crippen LogP contribution is -2.22. The third-order valence-electron chi connectivity index (χ3n) is 3.29. The van der Waals surface area contributed by atoms with Crippen molar-refractivity contribution >= 4 is 22.4 Å². The lowest BCUT2D eigenvalue weighted by atomic mass is 10.1. The molecule has 0 radical (unpaired) electrons. The Labute approximate surface area is 122 Å². The van der Waals surface area contributed by atoms with E-state index in [0.29, 0.717) is 6.54 Å². The van der Waals surface area contributed by atoms with Crippen LogP contribution in [0.15, 0.2) is 29.1 Å². The highest BCUT2D eigenvalue weighted by atomic mass is 32.1. The molecule has 3 aromatic rings. The van der Waals surface area contributed by atoms with Crippen molar-refractivity contribution in [3.05, 3.63) is 34.7 Å². The van der Waals surface area contributed by atoms with Gasteiger partial charge in [-0.2, -0.15) is 0 Å². The molecule has 5 heteroatoms. The number of fused-ring (bicyclic) bond motifs is 1. The van der Waals surface area contributed by atoms with E-state index in [-0.39, 0.29) is 5.54 Å². The number of aromatic nitrogens is 3. The number of hydrogen-bond donors (Lipinski definition) is 1. The Hall–Kier alpha value is -1.72. The van der Waals surface area contributed by atoms with Crippen LogP contribution in [0.1, 0.15) is 26.3 Å². The number of benzene rings is 1. The average molecular weight is 286 g/mol. The fourth-order valence-electron chi connectivity index (χ4n) is 2.43. The molecule has 3 rings (SSSR count). The van der Waals surface area contributed by atoms with E-state index in [4.69, 9.17) is 10.7 Å². The summed E-state index contributed by atoms with van der Waals surface area (Å²) in [5.74, 6) is 0.919. The number of imidazole rings is 1. The number of nitrogens with two attached hydrogens (primary N) is 1. The van der Waals surface area contributed by atoms with Gasteiger partial charge >= 0.3 is 0 Å². The van der Waals surface area contributed by atoms with Gasteiger partial charge < -0.3 is 10.3 Å². The molecule has 0 saturated heterocycles. The minimum atomic E-state index is -0.0576. The van der Waals surface area contributed by atoms with E-state index in [9.17, 15) is 0 Å². The summed E-state index contributed by atoms with van der Waals surface area (Å²) in [6, 6.07) is 6.23. The van der Waals surface area contributed by atoms with Crippen LogP contribution >= 0.6 is 11.3 Å². The quantitative estimate of drug-likeness (QED) is 0.785. The van der Waals surface area contributed by atoms with Gasteiger partial charge in [0.25, 0.3) is 0 Å². The topological polar surface area (TPSA) is 56.7 Å². The first-order valence-electron chi connectivity index (χ1n) is 6.61. The molecule has 1 aromatic carbocycles. The molecule has 2 N–H and O–H groups in total. The van der Waals surface area contributed by atoms with Crippen molar-refractivity contribution in [3.63, 3.8) is 0 Å². The molecule has 0 aliphatic carbocycles. The summed E-state index contributed by atoms with van der Waals surface area (Å²) in [5, 5.41) is 2.04. The zero-order valence-corrected chi connectivity index (χ0v) is 12.7. The van der Waals surface area contributed by atoms with Crippen molar-refractivity contribution in [2.75, 3.05) is 0 Å². The highest BCUT2D eigenvalue weighted by molar-refractivity contribution is 7.07. The van der Waals surface area contributed by atoms with Crippen LogP contribution in [0, 0.1) is 0 Å². The Balaban J connectivity index is 2.33. The molecule has 0 atom stereocenters. The van der Waals surface area contributed by atoms with Crippen LogP contribution in [-0.2, 0) is 12.1 Å². The fraction of sp³-hybridized carbons (Fsp3) is 0.333. The Bertz CT molecular complexity index is 735. The fourth-order valence-corrected chi connectivity index (χ4v) is 2.96. The lowest BCUT2D eigenvalue weighted by Gasteiger charge is -2.24. The summed E-state index contributed by atoms with van der Waals surface area (Å²) >= 11 is 1.59. The predicted octanol–water partition coefficient (Wildman–Crippen LogP) is 3.37. The van der Waals surface area contributed by atoms with Gasteiger partial charge in [-0.05, 0) is 38.5 Å². The zero-order chi connectivity index (χ0) is 14.3. The van der Waals surface area contributed by atoms with Crippen LogP contribution < -0.4 is 5.73 Å². The Morgan fingerprint density at radius 2 is 2.10 bits per heavy atom. The van der Waals surface area contributed by atoms with Gasteiger partial charge in [0.1, 0.15) is 5.69 Å². The van der Waals surface area contributed by atoms with Crippen LogP contribution in [0.5, 0.6) is 0 Å². The largest absolute Gasteiger partial charge is 0.326 e. The first-order valence-corrected chi connectivity index (χ1v) is 7.55. The number of hydrogen-bond acceptors (Lipinski definition) is 4. The van der Waals surface area contributed by atoms with E-state index in [1.807, 2.05) is 10.9 Å². The number of thiazole rings is 1. The summed E-state index contributed by atoms with van der Waals surface area (Å²) < 4.78 is 2.25. The SMILES string of the molecule is CC(C)(C)n1c(-c2cscn2)nc2cc(CN)ccc21. The normalized spacial score (nSPS) is 12.2. The van der Waals surface area contributed by atoms with E-state index in [2.05, 4.69) is 48.5 Å². The molecule has 0 unspecified atom stereocenters. The Kier molecular flexibility index (Phi) is 3.11. The lowest BCUT2D eigenvalue weighted by molar-refractivity contribution is 0.412. The maximum absolute atomic E-state index is 5.72. The summed E-state index contributed by atoms with van der Waals surface area (Å²) in [7, 11) is 0. The van der Waals surface area contributed by atoms with Crippen molar-refractivity contribution in [1.29, 1.82) is 0 Å². The third-order valence-corrected chi connectivity index (χ3v) is 3.87. The highest BCUT2D eigenvalue weighted by Gasteiger charge is 2.23. The molecule has 20 heavy (non-hydrogen) atoms. The van der Waals surface area contributed by atoms with Crippen LogP contribution in [0.3, 0.4) is 0 Å². The van der Waals surface area contributed by atoms with E-state index >= 15 is 0 Å². The minimum Gasteiger partial charge on any atom is -0.326 e. The maximum atomic E-state index is 5.72. The van der Waals surface area contributed by atoms with Crippen LogP contribution in [0.25, 0.3) is 22.6 Å². The van der Waals surface area contributed by atoms with E-state index in [1.165, 1.54) is 0 Å². The highest BCUT2D eigenvalue weighted by Crippen LogP contribution is 2.31. The summed E-state index contributed by atoms with van der Waals surface area (Å²) in [6.07, 6.45) is 0. The van der Waals surface area contributed by atoms with Gasteiger partial charge in [-0.25, -0.2) is 9.97 Å². The summed E-state index contributed by atoms with van der Waals surface area (Å²) in [4.78, 5) is 9.19. The van der Waals surface area contributed by atoms with Crippen LogP contribution in [-0.4, -0.2) is 14.5 Å². The smallest absolute Gasteiger partial charge is 0.161 e. The zero-order valence-electron chi connectivity index (χ0n) is 11.9. The molecular formula is C15H18N4S. The van der Waals surface area contributed by atoms with E-state index in [0.717, 1.165) is 28.1 Å². The van der Waals surface area contributed by atoms with Crippen molar-refractivity contribution in [1.82, 2.24) is 14.5 Å². The predicted molar refractivity (Wildman–Crippen MR) is 83.7 cm³/mol. The third kappa shape index (κ3) is 2.13. The van der Waals surface area contributed by atoms with Gasteiger partial charge in [-0.1, -0.05) is 6.07 Å². The second-order valence-electron chi connectivity index (χ2n) is 5.84. The molecule has 104 valence electrons. The van der Waals surface area contributed by atoms with Gasteiger partial charge in [0.15, 0.2) is 5.82 Å². The molecule has 0 fully saturated rings. The van der Waals surface area contributed by atoms with Gasteiger partial charge in [-0.15, -0.1) is 11.3 Å². The molecular weight excluding hydrogens is 268 g/mol. The second-order valence-corrected chi connectivity index (χ2v) is 6.56. The van der Waals surface area contributed by atoms with Crippen molar-refractivity contribution in [2.45, 2.75) is 32.9 Å². The number of nitrogens with zero attached hydrogens (tertiary/aromatic N) is 3. The van der Waals surface area contributed by atoms with Gasteiger partial charge in [0.2, 0.25) is 0 Å². The monoisotopic (exact) mass is 286 g/mol. The average Bonchev–Trinajstić information content (AvgIpc) is 3.03. The number of rotatable bonds is 2. The molecule has 0 amide bonds. The van der Waals surface area contributed by atoms with E-state index in [1.54, 1.807) is 11.3 Å². The molecule has 0 spiro atoms. The second kappa shape index (κ2) is 4.68. The van der Waals surface area contributed by atoms with Gasteiger partial charge in [0, 0.05) is 17.5 Å². The standard InChI is InChI=1S/C15H18N4S/c1-15(2,3)19-13-5-4-10(7-16)6-11(13)18-14(19)12-8-20-9-17-12/h4-6,8-9H,7,16H2,1-3H3. The molecule has 4 nitrogen and oxygen atoms in total. The summed E-state index contributed by atoms with van der Waals surface area (Å²) in [5.41, 5.74) is 11.6. The first-order chi connectivity index (χ1) is 9.50. The van der Waals surface area contributed by atoms with E-state index < -0.39 is 0 Å². The molecule has 0 saturated carbocycles. The van der Waals surface area contributed by atoms with Crippen molar-refractivity contribution < 1.29 is 0 Å². The molecule has 2 heterocycles. The van der Waals surface area contributed by atoms with Gasteiger partial charge in [0.05, 0.1) is 16.5 Å².